The molecule has 42 heavy (non-hydrogen) atoms. The summed E-state index contributed by atoms with van der Waals surface area (Å²) in [4.78, 5) is 31.4. The summed E-state index contributed by atoms with van der Waals surface area (Å²) in [6, 6.07) is 35.7. The van der Waals surface area contributed by atoms with E-state index in [9.17, 15) is 9.59 Å². The normalized spacial score (nSPS) is 13.6. The van der Waals surface area contributed by atoms with Crippen LogP contribution in [0.2, 0.25) is 0 Å². The van der Waals surface area contributed by atoms with Crippen LogP contribution in [0.5, 0.6) is 5.75 Å². The van der Waals surface area contributed by atoms with Crippen molar-refractivity contribution >= 4 is 17.5 Å². The van der Waals surface area contributed by atoms with Gasteiger partial charge in [0.1, 0.15) is 5.75 Å². The second kappa shape index (κ2) is 14.5. The zero-order chi connectivity index (χ0) is 29.1. The number of piperazine rings is 1. The Labute approximate surface area is 248 Å². The number of rotatable bonds is 11. The average molecular weight is 562 g/mol. The van der Waals surface area contributed by atoms with E-state index in [1.54, 1.807) is 18.2 Å². The highest BCUT2D eigenvalue weighted by Gasteiger charge is 2.29. The van der Waals surface area contributed by atoms with Crippen molar-refractivity contribution in [3.63, 3.8) is 0 Å². The van der Waals surface area contributed by atoms with Crippen LogP contribution in [0.15, 0.2) is 109 Å². The van der Waals surface area contributed by atoms with Gasteiger partial charge in [0.2, 0.25) is 0 Å². The highest BCUT2D eigenvalue weighted by Crippen LogP contribution is 2.30. The molecule has 5 rings (SSSR count). The van der Waals surface area contributed by atoms with E-state index in [-0.39, 0.29) is 17.9 Å². The summed E-state index contributed by atoms with van der Waals surface area (Å²) < 4.78 is 5.92. The van der Waals surface area contributed by atoms with E-state index >= 15 is 0 Å². The number of hydrogen-bond donors (Lipinski definition) is 1. The maximum atomic E-state index is 13.8. The van der Waals surface area contributed by atoms with Crippen LogP contribution in [0.25, 0.3) is 0 Å². The maximum Gasteiger partial charge on any atom is 0.259 e. The summed E-state index contributed by atoms with van der Waals surface area (Å²) in [7, 11) is 0. The fourth-order valence-corrected chi connectivity index (χ4v) is 5.52. The second-order valence-electron chi connectivity index (χ2n) is 10.6. The number of carbonyl (C=O) groups is 2. The highest BCUT2D eigenvalue weighted by atomic mass is 16.5. The van der Waals surface area contributed by atoms with Gasteiger partial charge in [0.15, 0.2) is 0 Å². The Morgan fingerprint density at radius 2 is 1.29 bits per heavy atom. The van der Waals surface area contributed by atoms with Gasteiger partial charge in [-0.1, -0.05) is 105 Å². The van der Waals surface area contributed by atoms with Crippen molar-refractivity contribution in [1.29, 1.82) is 0 Å². The van der Waals surface area contributed by atoms with Crippen molar-refractivity contribution in [2.75, 3.05) is 38.1 Å². The van der Waals surface area contributed by atoms with Crippen LogP contribution in [-0.2, 0) is 0 Å². The summed E-state index contributed by atoms with van der Waals surface area (Å²) >= 11 is 0. The molecular weight excluding hydrogens is 522 g/mol. The zero-order valence-electron chi connectivity index (χ0n) is 24.2. The Bertz CT molecular complexity index is 1410. The zero-order valence-corrected chi connectivity index (χ0v) is 24.2. The molecule has 0 aliphatic carbocycles. The number of nitrogens with one attached hydrogen (secondary N) is 1. The molecule has 1 aliphatic rings. The smallest absolute Gasteiger partial charge is 0.259 e. The summed E-state index contributed by atoms with van der Waals surface area (Å²) in [5.41, 5.74) is 3.93. The Kier molecular flexibility index (Phi) is 10.0. The molecule has 6 nitrogen and oxygen atoms in total. The molecule has 1 saturated heterocycles. The molecule has 6 heteroatoms. The molecule has 0 unspecified atom stereocenters. The van der Waals surface area contributed by atoms with Gasteiger partial charge >= 0.3 is 0 Å². The molecule has 0 radical (unpaired) electrons. The van der Waals surface area contributed by atoms with Crippen LogP contribution in [0.4, 0.5) is 5.69 Å². The van der Waals surface area contributed by atoms with Gasteiger partial charge in [-0.05, 0) is 41.8 Å². The minimum atomic E-state index is -0.292. The van der Waals surface area contributed by atoms with Gasteiger partial charge in [-0.3, -0.25) is 14.5 Å². The Hall–Kier alpha value is -4.42. The summed E-state index contributed by atoms with van der Waals surface area (Å²) in [6.45, 7) is 5.41. The summed E-state index contributed by atoms with van der Waals surface area (Å²) in [5, 5.41) is 2.98. The molecule has 0 spiro atoms. The standard InChI is InChI=1S/C36H39N3O3/c1-2-3-14-27-42-33-22-13-11-20-31(33)35(40)37-32-21-12-10-19-30(32)36(41)39-25-23-38(24-26-39)34(28-15-6-4-7-16-28)29-17-8-5-9-18-29/h4-13,15-22,34H,2-3,14,23-27H2,1H3,(H,37,40). The average Bonchev–Trinajstić information content (AvgIpc) is 3.05. The van der Waals surface area contributed by atoms with E-state index in [4.69, 9.17) is 4.74 Å². The lowest BCUT2D eigenvalue weighted by molar-refractivity contribution is 0.0598. The fraction of sp³-hybridized carbons (Fsp3) is 0.278. The van der Waals surface area contributed by atoms with Crippen molar-refractivity contribution in [3.8, 4) is 5.75 Å². The van der Waals surface area contributed by atoms with Crippen LogP contribution in [0.1, 0.15) is 64.1 Å². The Morgan fingerprint density at radius 1 is 0.714 bits per heavy atom. The molecule has 0 saturated carbocycles. The SMILES string of the molecule is CCCCCOc1ccccc1C(=O)Nc1ccccc1C(=O)N1CCN(C(c2ccccc2)c2ccccc2)CC1. The third-order valence-electron chi connectivity index (χ3n) is 7.74. The minimum absolute atomic E-state index is 0.0781. The number of unbranched alkanes of at least 4 members (excludes halogenated alkanes) is 2. The summed E-state index contributed by atoms with van der Waals surface area (Å²) in [6.07, 6.45) is 3.12. The van der Waals surface area contributed by atoms with Gasteiger partial charge in [-0.2, -0.15) is 0 Å². The molecule has 2 amide bonds. The third kappa shape index (κ3) is 7.07. The number of carbonyl (C=O) groups excluding carboxylic acids is 2. The van der Waals surface area contributed by atoms with E-state index < -0.39 is 0 Å². The first kappa shape index (κ1) is 29.1. The van der Waals surface area contributed by atoms with Gasteiger partial charge in [-0.25, -0.2) is 0 Å². The monoisotopic (exact) mass is 561 g/mol. The lowest BCUT2D eigenvalue weighted by Gasteiger charge is -2.40. The van der Waals surface area contributed by atoms with Gasteiger partial charge in [0.25, 0.3) is 11.8 Å². The Morgan fingerprint density at radius 3 is 1.93 bits per heavy atom. The lowest BCUT2D eigenvalue weighted by Crippen LogP contribution is -2.50. The molecule has 1 heterocycles. The number of benzene rings is 4. The first-order valence-electron chi connectivity index (χ1n) is 14.9. The van der Waals surface area contributed by atoms with Crippen LogP contribution in [-0.4, -0.2) is 54.4 Å². The van der Waals surface area contributed by atoms with Gasteiger partial charge in [-0.15, -0.1) is 0 Å². The molecule has 4 aromatic carbocycles. The lowest BCUT2D eigenvalue weighted by atomic mass is 9.96. The van der Waals surface area contributed by atoms with E-state index in [0.717, 1.165) is 32.4 Å². The van der Waals surface area contributed by atoms with Gasteiger partial charge in [0, 0.05) is 26.2 Å². The van der Waals surface area contributed by atoms with Crippen LogP contribution >= 0.6 is 0 Å². The number of anilines is 1. The van der Waals surface area contributed by atoms with Crippen molar-refractivity contribution in [2.45, 2.75) is 32.2 Å². The first-order chi connectivity index (χ1) is 20.7. The predicted octanol–water partition coefficient (Wildman–Crippen LogP) is 7.06. The van der Waals surface area contributed by atoms with Crippen LogP contribution in [0, 0.1) is 0 Å². The number of para-hydroxylation sites is 2. The van der Waals surface area contributed by atoms with Crippen LogP contribution < -0.4 is 10.1 Å². The van der Waals surface area contributed by atoms with Crippen molar-refractivity contribution in [3.05, 3.63) is 131 Å². The van der Waals surface area contributed by atoms with E-state index in [2.05, 4.69) is 65.7 Å². The molecule has 0 atom stereocenters. The molecule has 0 aromatic heterocycles. The Balaban J connectivity index is 1.27. The first-order valence-corrected chi connectivity index (χ1v) is 14.9. The van der Waals surface area contributed by atoms with Gasteiger partial charge < -0.3 is 15.0 Å². The molecule has 1 aliphatic heterocycles. The molecule has 1 fully saturated rings. The molecule has 216 valence electrons. The fourth-order valence-electron chi connectivity index (χ4n) is 5.52. The minimum Gasteiger partial charge on any atom is -0.493 e. The van der Waals surface area contributed by atoms with E-state index in [0.29, 0.717) is 42.3 Å². The maximum absolute atomic E-state index is 13.8. The van der Waals surface area contributed by atoms with Crippen molar-refractivity contribution in [2.24, 2.45) is 0 Å². The topological polar surface area (TPSA) is 61.9 Å². The third-order valence-corrected chi connectivity index (χ3v) is 7.74. The highest BCUT2D eigenvalue weighted by molar-refractivity contribution is 6.10. The predicted molar refractivity (Wildman–Crippen MR) is 168 cm³/mol. The van der Waals surface area contributed by atoms with E-state index in [1.165, 1.54) is 11.1 Å². The molecule has 1 N–H and O–H groups in total. The van der Waals surface area contributed by atoms with Crippen LogP contribution in [0.3, 0.4) is 0 Å². The molecule has 4 aromatic rings. The summed E-state index contributed by atoms with van der Waals surface area (Å²) in [5.74, 6) is 0.183. The number of ether oxygens (including phenoxy) is 1. The quantitative estimate of drug-likeness (QED) is 0.199. The molecular formula is C36H39N3O3. The largest absolute Gasteiger partial charge is 0.493 e. The van der Waals surface area contributed by atoms with E-state index in [1.807, 2.05) is 47.4 Å². The van der Waals surface area contributed by atoms with Crippen molar-refractivity contribution < 1.29 is 14.3 Å². The van der Waals surface area contributed by atoms with Crippen molar-refractivity contribution in [1.82, 2.24) is 9.80 Å². The molecule has 0 bridgehead atoms. The van der Waals surface area contributed by atoms with Gasteiger partial charge in [0.05, 0.1) is 29.5 Å². The number of hydrogen-bond acceptors (Lipinski definition) is 4. The second-order valence-corrected chi connectivity index (χ2v) is 10.6. The number of nitrogens with zero attached hydrogens (tertiary/aromatic N) is 2. The number of amides is 2.